The molecule has 2 aliphatic heterocycles. The standard InChI is InChI=1S/C12H19NO5/c14-7-3-4-13-5-8(15)10(16)11(9(7)13)18-12(17)6-1-2-6/h6-11,14-16H,1-5H2/t7-,8-,9+,10+,11+/m0/s1. The Balaban J connectivity index is 1.75. The number of ether oxygens (including phenoxy) is 1. The van der Waals surface area contributed by atoms with Gasteiger partial charge in [-0.2, -0.15) is 0 Å². The molecule has 18 heavy (non-hydrogen) atoms. The number of rotatable bonds is 2. The molecule has 0 aromatic rings. The van der Waals surface area contributed by atoms with Crippen LogP contribution in [0, 0.1) is 5.92 Å². The predicted octanol–water partition coefficient (Wildman–Crippen LogP) is -1.52. The quantitative estimate of drug-likeness (QED) is 0.520. The van der Waals surface area contributed by atoms with Gasteiger partial charge < -0.3 is 20.1 Å². The first-order chi connectivity index (χ1) is 8.58. The van der Waals surface area contributed by atoms with Crippen LogP contribution in [0.25, 0.3) is 0 Å². The van der Waals surface area contributed by atoms with Gasteiger partial charge in [0, 0.05) is 13.1 Å². The lowest BCUT2D eigenvalue weighted by molar-refractivity contribution is -0.184. The van der Waals surface area contributed by atoms with Crippen LogP contribution in [0.1, 0.15) is 19.3 Å². The zero-order chi connectivity index (χ0) is 12.9. The van der Waals surface area contributed by atoms with Crippen molar-refractivity contribution in [3.8, 4) is 0 Å². The molecule has 3 rings (SSSR count). The lowest BCUT2D eigenvalue weighted by Gasteiger charge is -2.42. The topological polar surface area (TPSA) is 90.2 Å². The minimum absolute atomic E-state index is 0.0525. The van der Waals surface area contributed by atoms with Crippen LogP contribution in [0.5, 0.6) is 0 Å². The number of aliphatic hydroxyl groups is 3. The third-order valence-corrected chi connectivity index (χ3v) is 4.18. The Morgan fingerprint density at radius 2 is 1.83 bits per heavy atom. The van der Waals surface area contributed by atoms with Crippen LogP contribution in [-0.2, 0) is 9.53 Å². The van der Waals surface area contributed by atoms with Gasteiger partial charge in [-0.25, -0.2) is 0 Å². The zero-order valence-electron chi connectivity index (χ0n) is 10.1. The molecular weight excluding hydrogens is 238 g/mol. The number of aliphatic hydroxyl groups excluding tert-OH is 3. The average molecular weight is 257 g/mol. The summed E-state index contributed by atoms with van der Waals surface area (Å²) < 4.78 is 5.33. The number of hydrogen-bond acceptors (Lipinski definition) is 6. The van der Waals surface area contributed by atoms with Crippen LogP contribution >= 0.6 is 0 Å². The summed E-state index contributed by atoms with van der Waals surface area (Å²) in [5.74, 6) is -0.365. The smallest absolute Gasteiger partial charge is 0.309 e. The zero-order valence-corrected chi connectivity index (χ0v) is 10.1. The van der Waals surface area contributed by atoms with Gasteiger partial charge in [0.25, 0.3) is 0 Å². The van der Waals surface area contributed by atoms with Crippen LogP contribution in [0.2, 0.25) is 0 Å². The van der Waals surface area contributed by atoms with Crippen LogP contribution in [-0.4, -0.2) is 69.7 Å². The van der Waals surface area contributed by atoms with Gasteiger partial charge in [0.1, 0.15) is 12.2 Å². The lowest BCUT2D eigenvalue weighted by Crippen LogP contribution is -2.62. The summed E-state index contributed by atoms with van der Waals surface area (Å²) in [4.78, 5) is 13.6. The molecule has 102 valence electrons. The number of carbonyl (C=O) groups excluding carboxylic acids is 1. The van der Waals surface area contributed by atoms with E-state index < -0.39 is 24.4 Å². The van der Waals surface area contributed by atoms with Gasteiger partial charge in [-0.3, -0.25) is 9.69 Å². The minimum atomic E-state index is -1.11. The van der Waals surface area contributed by atoms with Crippen molar-refractivity contribution in [1.29, 1.82) is 0 Å². The van der Waals surface area contributed by atoms with Gasteiger partial charge in [-0.05, 0) is 19.3 Å². The maximum Gasteiger partial charge on any atom is 0.309 e. The van der Waals surface area contributed by atoms with Crippen molar-refractivity contribution in [2.24, 2.45) is 5.92 Å². The van der Waals surface area contributed by atoms with Crippen molar-refractivity contribution >= 4 is 5.97 Å². The molecule has 6 nitrogen and oxygen atoms in total. The lowest BCUT2D eigenvalue weighted by atomic mass is 9.92. The fourth-order valence-corrected chi connectivity index (χ4v) is 2.96. The van der Waals surface area contributed by atoms with E-state index in [1.807, 2.05) is 4.90 Å². The van der Waals surface area contributed by atoms with Crippen LogP contribution in [0.3, 0.4) is 0 Å². The third kappa shape index (κ3) is 2.03. The van der Waals surface area contributed by atoms with Gasteiger partial charge in [0.05, 0.1) is 24.2 Å². The molecule has 5 atom stereocenters. The molecule has 3 aliphatic rings. The Kier molecular flexibility index (Phi) is 3.05. The second-order valence-corrected chi connectivity index (χ2v) is 5.58. The largest absolute Gasteiger partial charge is 0.457 e. The molecule has 3 fully saturated rings. The number of piperidine rings is 1. The molecule has 0 bridgehead atoms. The van der Waals surface area contributed by atoms with Crippen molar-refractivity contribution in [3.63, 3.8) is 0 Å². The Hall–Kier alpha value is -0.690. The highest BCUT2D eigenvalue weighted by atomic mass is 16.6. The molecule has 1 saturated carbocycles. The van der Waals surface area contributed by atoms with Gasteiger partial charge in [0.2, 0.25) is 0 Å². The van der Waals surface area contributed by atoms with Gasteiger partial charge in [0.15, 0.2) is 0 Å². The molecule has 6 heteroatoms. The van der Waals surface area contributed by atoms with E-state index in [1.165, 1.54) is 0 Å². The molecule has 0 unspecified atom stereocenters. The maximum atomic E-state index is 11.7. The molecule has 0 amide bonds. The van der Waals surface area contributed by atoms with E-state index in [0.717, 1.165) is 12.8 Å². The Labute approximate surface area is 105 Å². The van der Waals surface area contributed by atoms with Gasteiger partial charge in [-0.15, -0.1) is 0 Å². The number of carbonyl (C=O) groups is 1. The van der Waals surface area contributed by atoms with E-state index >= 15 is 0 Å². The fraction of sp³-hybridized carbons (Fsp3) is 0.917. The molecule has 2 heterocycles. The van der Waals surface area contributed by atoms with E-state index in [4.69, 9.17) is 4.74 Å². The number of esters is 1. The van der Waals surface area contributed by atoms with E-state index in [-0.39, 0.29) is 17.9 Å². The Bertz CT molecular complexity index is 345. The van der Waals surface area contributed by atoms with Crippen molar-refractivity contribution in [3.05, 3.63) is 0 Å². The summed E-state index contributed by atoms with van der Waals surface area (Å²) in [6.45, 7) is 0.980. The summed E-state index contributed by atoms with van der Waals surface area (Å²) in [7, 11) is 0. The average Bonchev–Trinajstić information content (AvgIpc) is 3.11. The number of fused-ring (bicyclic) bond motifs is 1. The van der Waals surface area contributed by atoms with Gasteiger partial charge >= 0.3 is 5.97 Å². The monoisotopic (exact) mass is 257 g/mol. The highest BCUT2D eigenvalue weighted by molar-refractivity contribution is 5.75. The summed E-state index contributed by atoms with van der Waals surface area (Å²) in [6, 6.07) is -0.383. The van der Waals surface area contributed by atoms with Crippen molar-refractivity contribution in [2.75, 3.05) is 13.1 Å². The highest BCUT2D eigenvalue weighted by Gasteiger charge is 2.51. The highest BCUT2D eigenvalue weighted by Crippen LogP contribution is 2.34. The summed E-state index contributed by atoms with van der Waals surface area (Å²) in [5, 5.41) is 29.7. The first-order valence-corrected chi connectivity index (χ1v) is 6.56. The van der Waals surface area contributed by atoms with E-state index in [0.29, 0.717) is 19.5 Å². The molecule has 1 aliphatic carbocycles. The van der Waals surface area contributed by atoms with E-state index in [2.05, 4.69) is 0 Å². The van der Waals surface area contributed by atoms with Gasteiger partial charge in [-0.1, -0.05) is 0 Å². The maximum absolute atomic E-state index is 11.7. The summed E-state index contributed by atoms with van der Waals surface area (Å²) in [6.07, 6.45) is -1.21. The second-order valence-electron chi connectivity index (χ2n) is 5.58. The van der Waals surface area contributed by atoms with Crippen molar-refractivity contribution in [1.82, 2.24) is 4.90 Å². The molecule has 0 spiro atoms. The molecule has 3 N–H and O–H groups in total. The predicted molar refractivity (Wildman–Crippen MR) is 60.6 cm³/mol. The first-order valence-electron chi connectivity index (χ1n) is 6.56. The molecule has 2 saturated heterocycles. The molecular formula is C12H19NO5. The Morgan fingerprint density at radius 3 is 2.50 bits per heavy atom. The Morgan fingerprint density at radius 1 is 1.11 bits per heavy atom. The van der Waals surface area contributed by atoms with Crippen LogP contribution < -0.4 is 0 Å². The fourth-order valence-electron chi connectivity index (χ4n) is 2.96. The number of hydrogen-bond donors (Lipinski definition) is 3. The minimum Gasteiger partial charge on any atom is -0.457 e. The molecule has 0 aromatic carbocycles. The molecule has 0 aromatic heterocycles. The summed E-state index contributed by atoms with van der Waals surface area (Å²) >= 11 is 0. The second kappa shape index (κ2) is 4.45. The van der Waals surface area contributed by atoms with Crippen LogP contribution in [0.4, 0.5) is 0 Å². The normalized spacial score (nSPS) is 44.7. The SMILES string of the molecule is O=C(O[C@H]1[C@H](O)[C@@H](O)CN2CC[C@H](O)[C@H]12)C1CC1. The first kappa shape index (κ1) is 12.3. The van der Waals surface area contributed by atoms with E-state index in [1.54, 1.807) is 0 Å². The van der Waals surface area contributed by atoms with Crippen molar-refractivity contribution < 1.29 is 24.9 Å². The number of nitrogens with zero attached hydrogens (tertiary/aromatic N) is 1. The summed E-state index contributed by atoms with van der Waals surface area (Å²) in [5.41, 5.74) is 0. The van der Waals surface area contributed by atoms with Crippen molar-refractivity contribution in [2.45, 2.75) is 49.7 Å². The van der Waals surface area contributed by atoms with Crippen LogP contribution in [0.15, 0.2) is 0 Å². The molecule has 0 radical (unpaired) electrons. The van der Waals surface area contributed by atoms with E-state index in [9.17, 15) is 20.1 Å². The third-order valence-electron chi connectivity index (χ3n) is 4.18.